The molecule has 0 saturated heterocycles. The molecule has 3 fully saturated rings. The summed E-state index contributed by atoms with van der Waals surface area (Å²) in [5.74, 6) is 2.98. The SMILES string of the molecule is C[C@]12CCc3nc(-c4ccccc4Cl)sc3[C@@H]1CC[C@@H]1[C@@H]2CC[C@]2(C)[C@@H](O)CC[C@@H]12. The van der Waals surface area contributed by atoms with Gasteiger partial charge in [-0.25, -0.2) is 4.98 Å². The molecule has 4 aliphatic carbocycles. The Labute approximate surface area is 189 Å². The molecule has 160 valence electrons. The molecule has 0 unspecified atom stereocenters. The Morgan fingerprint density at radius 1 is 1.00 bits per heavy atom. The van der Waals surface area contributed by atoms with Gasteiger partial charge < -0.3 is 5.11 Å². The van der Waals surface area contributed by atoms with E-state index in [4.69, 9.17) is 16.6 Å². The number of hydrogen-bond donors (Lipinski definition) is 1. The van der Waals surface area contributed by atoms with Crippen molar-refractivity contribution in [1.82, 2.24) is 4.98 Å². The van der Waals surface area contributed by atoms with Gasteiger partial charge in [0.05, 0.1) is 16.8 Å². The second-order valence-electron chi connectivity index (χ2n) is 11.0. The van der Waals surface area contributed by atoms with Gasteiger partial charge in [-0.2, -0.15) is 0 Å². The molecule has 0 spiro atoms. The maximum atomic E-state index is 10.7. The fourth-order valence-corrected chi connectivity index (χ4v) is 9.90. The van der Waals surface area contributed by atoms with Crippen molar-refractivity contribution >= 4 is 22.9 Å². The van der Waals surface area contributed by atoms with Gasteiger partial charge in [0, 0.05) is 16.4 Å². The Hall–Kier alpha value is -0.900. The summed E-state index contributed by atoms with van der Waals surface area (Å²) in [6, 6.07) is 8.14. The molecule has 0 bridgehead atoms. The van der Waals surface area contributed by atoms with E-state index in [0.29, 0.717) is 11.3 Å². The first-order chi connectivity index (χ1) is 14.4. The standard InChI is InChI=1S/C26H32ClNOS/c1-25-14-12-21-23(30-24(28-21)16-5-3-4-6-20(16)27)19(25)8-7-15-17-9-10-22(29)26(17,2)13-11-18(15)25/h3-6,15,17-19,22,29H,7-14H2,1-2H3/t15-,17-,18-,19-,22-,25+,26-/m0/s1. The van der Waals surface area contributed by atoms with Crippen molar-refractivity contribution in [3.8, 4) is 10.6 Å². The minimum absolute atomic E-state index is 0.0772. The lowest BCUT2D eigenvalue weighted by atomic mass is 9.45. The summed E-state index contributed by atoms with van der Waals surface area (Å²) in [7, 11) is 0. The fourth-order valence-electron chi connectivity index (χ4n) is 8.17. The average molecular weight is 442 g/mol. The quantitative estimate of drug-likeness (QED) is 0.512. The highest BCUT2D eigenvalue weighted by atomic mass is 35.5. The van der Waals surface area contributed by atoms with Crippen molar-refractivity contribution in [3.63, 3.8) is 0 Å². The molecule has 0 radical (unpaired) electrons. The summed E-state index contributed by atoms with van der Waals surface area (Å²) in [6.45, 7) is 4.98. The summed E-state index contributed by atoms with van der Waals surface area (Å²) >= 11 is 8.41. The van der Waals surface area contributed by atoms with Crippen molar-refractivity contribution in [2.75, 3.05) is 0 Å². The molecule has 4 heteroatoms. The molecule has 4 aliphatic rings. The molecule has 3 saturated carbocycles. The van der Waals surface area contributed by atoms with Crippen molar-refractivity contribution in [2.24, 2.45) is 28.6 Å². The van der Waals surface area contributed by atoms with Crippen LogP contribution in [-0.4, -0.2) is 16.2 Å². The van der Waals surface area contributed by atoms with E-state index in [1.165, 1.54) is 44.2 Å². The minimum atomic E-state index is -0.0772. The van der Waals surface area contributed by atoms with Crippen LogP contribution in [0.3, 0.4) is 0 Å². The highest BCUT2D eigenvalue weighted by Crippen LogP contribution is 2.68. The number of aliphatic hydroxyl groups excluding tert-OH is 1. The Balaban J connectivity index is 1.35. The molecule has 0 aliphatic heterocycles. The molecule has 2 aromatic rings. The first kappa shape index (κ1) is 19.8. The number of thiazole rings is 1. The van der Waals surface area contributed by atoms with Gasteiger partial charge in [0.2, 0.25) is 0 Å². The van der Waals surface area contributed by atoms with Crippen molar-refractivity contribution in [1.29, 1.82) is 0 Å². The number of nitrogens with zero attached hydrogens (tertiary/aromatic N) is 1. The lowest BCUT2D eigenvalue weighted by Crippen LogP contribution is -2.52. The maximum Gasteiger partial charge on any atom is 0.125 e. The first-order valence-electron chi connectivity index (χ1n) is 11.8. The molecular formula is C26H32ClNOS. The topological polar surface area (TPSA) is 33.1 Å². The summed E-state index contributed by atoms with van der Waals surface area (Å²) in [6.07, 6.45) is 9.68. The Kier molecular flexibility index (Phi) is 4.48. The van der Waals surface area contributed by atoms with Crippen molar-refractivity contribution in [2.45, 2.75) is 77.2 Å². The number of halogens is 1. The molecule has 7 atom stereocenters. The van der Waals surface area contributed by atoms with Crippen LogP contribution in [0.15, 0.2) is 24.3 Å². The highest BCUT2D eigenvalue weighted by molar-refractivity contribution is 7.15. The van der Waals surface area contributed by atoms with Gasteiger partial charge in [0.25, 0.3) is 0 Å². The molecular weight excluding hydrogens is 410 g/mol. The van der Waals surface area contributed by atoms with Crippen LogP contribution >= 0.6 is 22.9 Å². The molecule has 1 aromatic carbocycles. The predicted molar refractivity (Wildman–Crippen MR) is 124 cm³/mol. The van der Waals surface area contributed by atoms with E-state index in [2.05, 4.69) is 26.0 Å². The zero-order valence-electron chi connectivity index (χ0n) is 18.0. The van der Waals surface area contributed by atoms with Crippen LogP contribution in [0.5, 0.6) is 0 Å². The average Bonchev–Trinajstić information content (AvgIpc) is 3.29. The fraction of sp³-hybridized carbons (Fsp3) is 0.654. The van der Waals surface area contributed by atoms with Crippen LogP contribution in [0.25, 0.3) is 10.6 Å². The molecule has 2 nitrogen and oxygen atoms in total. The number of aryl methyl sites for hydroxylation is 1. The molecule has 30 heavy (non-hydrogen) atoms. The summed E-state index contributed by atoms with van der Waals surface area (Å²) in [5.41, 5.74) is 2.98. The monoisotopic (exact) mass is 441 g/mol. The second-order valence-corrected chi connectivity index (χ2v) is 12.4. The predicted octanol–water partition coefficient (Wildman–Crippen LogP) is 7.10. The van der Waals surface area contributed by atoms with Crippen LogP contribution in [0.1, 0.15) is 75.3 Å². The molecule has 1 aromatic heterocycles. The van der Waals surface area contributed by atoms with E-state index in [9.17, 15) is 5.11 Å². The lowest BCUT2D eigenvalue weighted by Gasteiger charge is -2.59. The van der Waals surface area contributed by atoms with E-state index in [1.54, 1.807) is 4.88 Å². The third-order valence-electron chi connectivity index (χ3n) is 9.87. The number of rotatable bonds is 1. The third-order valence-corrected chi connectivity index (χ3v) is 11.4. The molecule has 1 heterocycles. The number of aliphatic hydroxyl groups is 1. The van der Waals surface area contributed by atoms with Gasteiger partial charge >= 0.3 is 0 Å². The lowest BCUT2D eigenvalue weighted by molar-refractivity contribution is -0.0985. The van der Waals surface area contributed by atoms with Crippen LogP contribution in [0.2, 0.25) is 5.02 Å². The van der Waals surface area contributed by atoms with E-state index >= 15 is 0 Å². The van der Waals surface area contributed by atoms with Crippen LogP contribution in [0, 0.1) is 28.6 Å². The molecule has 6 rings (SSSR count). The van der Waals surface area contributed by atoms with Gasteiger partial charge in [-0.1, -0.05) is 43.6 Å². The largest absolute Gasteiger partial charge is 0.393 e. The minimum Gasteiger partial charge on any atom is -0.393 e. The van der Waals surface area contributed by atoms with E-state index < -0.39 is 0 Å². The van der Waals surface area contributed by atoms with E-state index in [-0.39, 0.29) is 11.5 Å². The molecule has 0 amide bonds. The van der Waals surface area contributed by atoms with Crippen molar-refractivity contribution in [3.05, 3.63) is 39.9 Å². The molecule has 1 N–H and O–H groups in total. The number of aromatic nitrogens is 1. The van der Waals surface area contributed by atoms with Gasteiger partial charge in [-0.05, 0) is 86.0 Å². The third kappa shape index (κ3) is 2.61. The van der Waals surface area contributed by atoms with E-state index in [1.807, 2.05) is 23.5 Å². The normalized spacial score (nSPS) is 42.2. The van der Waals surface area contributed by atoms with Crippen LogP contribution < -0.4 is 0 Å². The highest BCUT2D eigenvalue weighted by Gasteiger charge is 2.60. The van der Waals surface area contributed by atoms with Gasteiger partial charge in [-0.3, -0.25) is 0 Å². The smallest absolute Gasteiger partial charge is 0.125 e. The van der Waals surface area contributed by atoms with Crippen molar-refractivity contribution < 1.29 is 5.11 Å². The zero-order valence-corrected chi connectivity index (χ0v) is 19.6. The summed E-state index contributed by atoms with van der Waals surface area (Å²) < 4.78 is 0. The zero-order chi connectivity index (χ0) is 20.7. The van der Waals surface area contributed by atoms with Crippen LogP contribution in [0.4, 0.5) is 0 Å². The van der Waals surface area contributed by atoms with Gasteiger partial charge in [0.1, 0.15) is 5.01 Å². The first-order valence-corrected chi connectivity index (χ1v) is 13.0. The van der Waals surface area contributed by atoms with Gasteiger partial charge in [-0.15, -0.1) is 11.3 Å². The summed E-state index contributed by atoms with van der Waals surface area (Å²) in [4.78, 5) is 6.64. The second kappa shape index (κ2) is 6.80. The number of hydrogen-bond acceptors (Lipinski definition) is 3. The van der Waals surface area contributed by atoms with Gasteiger partial charge in [0.15, 0.2) is 0 Å². The van der Waals surface area contributed by atoms with Crippen LogP contribution in [-0.2, 0) is 6.42 Å². The Morgan fingerprint density at radius 3 is 2.63 bits per heavy atom. The number of benzene rings is 1. The Morgan fingerprint density at radius 2 is 1.80 bits per heavy atom. The Bertz CT molecular complexity index is 987. The summed E-state index contributed by atoms with van der Waals surface area (Å²) in [5, 5.41) is 12.6. The maximum absolute atomic E-state index is 10.7. The van der Waals surface area contributed by atoms with E-state index in [0.717, 1.165) is 46.2 Å². The number of fused-ring (bicyclic) bond motifs is 7.